The fourth-order valence-corrected chi connectivity index (χ4v) is 5.90. The SMILES string of the molecule is C[C@H](c1ccc2ccccc2c1)N(C)C[C@H]1C[C@@H](c2ccc(CO)cc2)O[C@@H](c2ccc(CNC(=O)c3ccccc3)cc2)O1. The van der Waals surface area contributed by atoms with Crippen LogP contribution in [0.3, 0.4) is 0 Å². The fourth-order valence-electron chi connectivity index (χ4n) is 5.90. The maximum atomic E-state index is 12.5. The molecule has 2 N–H and O–H groups in total. The van der Waals surface area contributed by atoms with Gasteiger partial charge in [0.05, 0.1) is 18.8 Å². The van der Waals surface area contributed by atoms with E-state index in [9.17, 15) is 9.90 Å². The molecule has 0 spiro atoms. The molecule has 6 heteroatoms. The molecule has 0 saturated carbocycles. The molecule has 1 fully saturated rings. The standard InChI is InChI=1S/C39H40N2O4/c1-27(34-21-20-30-8-6-7-11-35(30)22-34)41(2)25-36-23-37(31-16-14-29(26-42)15-17-31)45-39(44-36)33-18-12-28(13-19-33)24-40-38(43)32-9-4-3-5-10-32/h3-22,27,36-37,39,42H,23-26H2,1-2H3,(H,40,43)/t27-,36-,37+,39+/m1/s1. The van der Waals surface area contributed by atoms with Gasteiger partial charge in [0.2, 0.25) is 0 Å². The Bertz CT molecular complexity index is 1710. The molecule has 4 atom stereocenters. The first-order chi connectivity index (χ1) is 22.0. The molecule has 0 bridgehead atoms. The van der Waals surface area contributed by atoms with E-state index in [2.05, 4.69) is 66.7 Å². The van der Waals surface area contributed by atoms with Gasteiger partial charge in [0.15, 0.2) is 6.29 Å². The number of likely N-dealkylation sites (N-methyl/N-ethyl adjacent to an activating group) is 1. The number of aliphatic hydroxyl groups excluding tert-OH is 1. The third kappa shape index (κ3) is 7.49. The second-order valence-electron chi connectivity index (χ2n) is 11.9. The van der Waals surface area contributed by atoms with Crippen LogP contribution in [0.2, 0.25) is 0 Å². The van der Waals surface area contributed by atoms with Crippen LogP contribution in [0.25, 0.3) is 10.8 Å². The second kappa shape index (κ2) is 14.2. The molecule has 0 aromatic heterocycles. The van der Waals surface area contributed by atoms with Gasteiger partial charge in [-0.25, -0.2) is 0 Å². The lowest BCUT2D eigenvalue weighted by atomic mass is 9.98. The number of hydrogen-bond acceptors (Lipinski definition) is 5. The van der Waals surface area contributed by atoms with Crippen molar-refractivity contribution in [3.05, 3.63) is 155 Å². The summed E-state index contributed by atoms with van der Waals surface area (Å²) in [6.45, 7) is 3.42. The van der Waals surface area contributed by atoms with Crippen LogP contribution in [0, 0.1) is 0 Å². The molecule has 5 aromatic rings. The van der Waals surface area contributed by atoms with E-state index in [1.165, 1.54) is 16.3 Å². The molecule has 1 aliphatic heterocycles. The Morgan fingerprint density at radius 2 is 1.49 bits per heavy atom. The van der Waals surface area contributed by atoms with Crippen molar-refractivity contribution in [3.8, 4) is 0 Å². The number of carbonyl (C=O) groups is 1. The Labute approximate surface area is 265 Å². The molecule has 6 nitrogen and oxygen atoms in total. The number of amides is 1. The third-order valence-electron chi connectivity index (χ3n) is 8.76. The molecule has 230 valence electrons. The molecule has 1 aliphatic rings. The lowest BCUT2D eigenvalue weighted by molar-refractivity contribution is -0.253. The molecule has 6 rings (SSSR count). The largest absolute Gasteiger partial charge is 0.392 e. The van der Waals surface area contributed by atoms with Crippen LogP contribution < -0.4 is 5.32 Å². The quantitative estimate of drug-likeness (QED) is 0.174. The van der Waals surface area contributed by atoms with Crippen LogP contribution in [-0.2, 0) is 22.6 Å². The zero-order chi connectivity index (χ0) is 31.2. The van der Waals surface area contributed by atoms with Crippen LogP contribution in [0.15, 0.2) is 121 Å². The van der Waals surface area contributed by atoms with Gasteiger partial charge >= 0.3 is 0 Å². The van der Waals surface area contributed by atoms with Crippen LogP contribution in [0.4, 0.5) is 0 Å². The van der Waals surface area contributed by atoms with E-state index in [0.29, 0.717) is 18.5 Å². The molecule has 0 radical (unpaired) electrons. The van der Waals surface area contributed by atoms with Gasteiger partial charge in [-0.2, -0.15) is 0 Å². The Morgan fingerprint density at radius 3 is 2.22 bits per heavy atom. The van der Waals surface area contributed by atoms with E-state index in [1.807, 2.05) is 66.7 Å². The summed E-state index contributed by atoms with van der Waals surface area (Å²) in [6.07, 6.45) is -0.0452. The molecule has 0 unspecified atom stereocenters. The summed E-state index contributed by atoms with van der Waals surface area (Å²) in [6, 6.07) is 40.6. The molecule has 45 heavy (non-hydrogen) atoms. The number of nitrogens with one attached hydrogen (secondary N) is 1. The first kappa shape index (κ1) is 30.7. The first-order valence-corrected chi connectivity index (χ1v) is 15.6. The number of hydrogen-bond donors (Lipinski definition) is 2. The number of aliphatic hydroxyl groups is 1. The highest BCUT2D eigenvalue weighted by atomic mass is 16.7. The van der Waals surface area contributed by atoms with E-state index in [1.54, 1.807) is 12.1 Å². The smallest absolute Gasteiger partial charge is 0.251 e. The summed E-state index contributed by atoms with van der Waals surface area (Å²) in [5, 5.41) is 15.0. The van der Waals surface area contributed by atoms with Crippen molar-refractivity contribution in [2.45, 2.75) is 51.0 Å². The number of nitrogens with zero attached hydrogens (tertiary/aromatic N) is 1. The summed E-state index contributed by atoms with van der Waals surface area (Å²) in [4.78, 5) is 14.8. The van der Waals surface area contributed by atoms with E-state index < -0.39 is 6.29 Å². The average Bonchev–Trinajstić information content (AvgIpc) is 3.10. The minimum atomic E-state index is -0.538. The topological polar surface area (TPSA) is 71.0 Å². The summed E-state index contributed by atoms with van der Waals surface area (Å²) in [5.74, 6) is -0.0986. The second-order valence-corrected chi connectivity index (χ2v) is 11.9. The van der Waals surface area contributed by atoms with Crippen molar-refractivity contribution in [3.63, 3.8) is 0 Å². The zero-order valence-corrected chi connectivity index (χ0v) is 25.8. The highest BCUT2D eigenvalue weighted by Gasteiger charge is 2.33. The van der Waals surface area contributed by atoms with Crippen molar-refractivity contribution >= 4 is 16.7 Å². The van der Waals surface area contributed by atoms with E-state index in [-0.39, 0.29) is 30.8 Å². The normalized spacial score (nSPS) is 19.0. The summed E-state index contributed by atoms with van der Waals surface area (Å²) in [5.41, 5.74) is 5.78. The predicted octanol–water partition coefficient (Wildman–Crippen LogP) is 7.50. The van der Waals surface area contributed by atoms with Crippen molar-refractivity contribution in [2.75, 3.05) is 13.6 Å². The molecular formula is C39H40N2O4. The Hall–Kier alpha value is -4.33. The van der Waals surface area contributed by atoms with Crippen molar-refractivity contribution in [2.24, 2.45) is 0 Å². The van der Waals surface area contributed by atoms with Gasteiger partial charge in [-0.3, -0.25) is 9.69 Å². The summed E-state index contributed by atoms with van der Waals surface area (Å²) >= 11 is 0. The fraction of sp³-hybridized carbons (Fsp3) is 0.256. The lowest BCUT2D eigenvalue weighted by Gasteiger charge is -2.39. The van der Waals surface area contributed by atoms with Crippen molar-refractivity contribution in [1.29, 1.82) is 0 Å². The van der Waals surface area contributed by atoms with Crippen molar-refractivity contribution < 1.29 is 19.4 Å². The third-order valence-corrected chi connectivity index (χ3v) is 8.76. The average molecular weight is 601 g/mol. The Morgan fingerprint density at radius 1 is 0.822 bits per heavy atom. The van der Waals surface area contributed by atoms with E-state index in [0.717, 1.165) is 28.8 Å². The van der Waals surface area contributed by atoms with Gasteiger partial charge in [0.25, 0.3) is 5.91 Å². The number of fused-ring (bicyclic) bond motifs is 1. The molecule has 5 aromatic carbocycles. The number of ether oxygens (including phenoxy) is 2. The maximum absolute atomic E-state index is 12.5. The molecular weight excluding hydrogens is 560 g/mol. The zero-order valence-electron chi connectivity index (χ0n) is 25.8. The van der Waals surface area contributed by atoms with E-state index >= 15 is 0 Å². The molecule has 0 aliphatic carbocycles. The maximum Gasteiger partial charge on any atom is 0.251 e. The highest BCUT2D eigenvalue weighted by molar-refractivity contribution is 5.94. The van der Waals surface area contributed by atoms with Gasteiger partial charge in [-0.1, -0.05) is 103 Å². The number of carbonyl (C=O) groups excluding carboxylic acids is 1. The minimum Gasteiger partial charge on any atom is -0.392 e. The van der Waals surface area contributed by atoms with E-state index in [4.69, 9.17) is 9.47 Å². The van der Waals surface area contributed by atoms with Gasteiger partial charge < -0.3 is 19.9 Å². The minimum absolute atomic E-state index is 0.00969. The van der Waals surface area contributed by atoms with Crippen LogP contribution >= 0.6 is 0 Å². The van der Waals surface area contributed by atoms with Crippen LogP contribution in [0.1, 0.15) is 70.0 Å². The monoisotopic (exact) mass is 600 g/mol. The molecule has 1 amide bonds. The van der Waals surface area contributed by atoms with Crippen LogP contribution in [-0.4, -0.2) is 35.6 Å². The van der Waals surface area contributed by atoms with Crippen molar-refractivity contribution in [1.82, 2.24) is 10.2 Å². The first-order valence-electron chi connectivity index (χ1n) is 15.6. The molecule has 1 saturated heterocycles. The van der Waals surface area contributed by atoms with Gasteiger partial charge in [0, 0.05) is 36.7 Å². The lowest BCUT2D eigenvalue weighted by Crippen LogP contribution is -2.38. The number of benzene rings is 5. The van der Waals surface area contributed by atoms with Gasteiger partial charge in [-0.05, 0) is 65.2 Å². The predicted molar refractivity (Wildman–Crippen MR) is 177 cm³/mol. The Balaban J connectivity index is 1.16. The highest BCUT2D eigenvalue weighted by Crippen LogP contribution is 2.39. The summed E-state index contributed by atoms with van der Waals surface area (Å²) < 4.78 is 13.2. The summed E-state index contributed by atoms with van der Waals surface area (Å²) in [7, 11) is 2.15. The van der Waals surface area contributed by atoms with Gasteiger partial charge in [0.1, 0.15) is 0 Å². The number of rotatable bonds is 10. The molecule has 1 heterocycles. The Kier molecular flexibility index (Phi) is 9.67. The van der Waals surface area contributed by atoms with Gasteiger partial charge in [-0.15, -0.1) is 0 Å². The van der Waals surface area contributed by atoms with Crippen LogP contribution in [0.5, 0.6) is 0 Å².